The zero-order valence-electron chi connectivity index (χ0n) is 12.2. The van der Waals surface area contributed by atoms with Gasteiger partial charge in [0.15, 0.2) is 0 Å². The van der Waals surface area contributed by atoms with Crippen LogP contribution in [0.3, 0.4) is 0 Å². The minimum Gasteiger partial charge on any atom is -0.468 e. The SMILES string of the molecule is COC(=O)C1(c2ccc3c(c2)CCN3C(=O)C2CC2)CC1. The number of benzene rings is 1. The Labute approximate surface area is 124 Å². The third-order valence-electron chi connectivity index (χ3n) is 5.05. The van der Waals surface area contributed by atoms with Gasteiger partial charge in [0.05, 0.1) is 12.5 Å². The van der Waals surface area contributed by atoms with Crippen LogP contribution in [0.4, 0.5) is 5.69 Å². The molecule has 0 spiro atoms. The molecule has 2 saturated carbocycles. The van der Waals surface area contributed by atoms with Gasteiger partial charge in [0.1, 0.15) is 0 Å². The van der Waals surface area contributed by atoms with Crippen LogP contribution in [0, 0.1) is 5.92 Å². The van der Waals surface area contributed by atoms with Crippen LogP contribution in [0.15, 0.2) is 18.2 Å². The number of methoxy groups -OCH3 is 1. The summed E-state index contributed by atoms with van der Waals surface area (Å²) in [6.45, 7) is 0.777. The Hall–Kier alpha value is -1.84. The van der Waals surface area contributed by atoms with Crippen molar-refractivity contribution >= 4 is 17.6 Å². The quantitative estimate of drug-likeness (QED) is 0.800. The van der Waals surface area contributed by atoms with Crippen LogP contribution < -0.4 is 4.90 Å². The van der Waals surface area contributed by atoms with E-state index < -0.39 is 5.41 Å². The summed E-state index contributed by atoms with van der Waals surface area (Å²) in [6.07, 6.45) is 4.69. The second-order valence-corrected chi connectivity index (χ2v) is 6.43. The third kappa shape index (κ3) is 1.88. The second kappa shape index (κ2) is 4.33. The molecule has 1 aromatic rings. The van der Waals surface area contributed by atoms with Crippen molar-refractivity contribution in [2.75, 3.05) is 18.6 Å². The van der Waals surface area contributed by atoms with Gasteiger partial charge in [-0.1, -0.05) is 12.1 Å². The number of carbonyl (C=O) groups excluding carboxylic acids is 2. The van der Waals surface area contributed by atoms with E-state index >= 15 is 0 Å². The van der Waals surface area contributed by atoms with E-state index in [-0.39, 0.29) is 17.8 Å². The Balaban J connectivity index is 1.64. The van der Waals surface area contributed by atoms with Crippen LogP contribution in [0.2, 0.25) is 0 Å². The first-order valence-corrected chi connectivity index (χ1v) is 7.69. The van der Waals surface area contributed by atoms with E-state index in [9.17, 15) is 9.59 Å². The molecular weight excluding hydrogens is 266 g/mol. The van der Waals surface area contributed by atoms with E-state index in [1.165, 1.54) is 12.7 Å². The molecule has 0 saturated heterocycles. The summed E-state index contributed by atoms with van der Waals surface area (Å²) in [7, 11) is 1.45. The summed E-state index contributed by atoms with van der Waals surface area (Å²) in [5.74, 6) is 0.391. The minimum absolute atomic E-state index is 0.133. The molecular formula is C17H19NO3. The number of rotatable bonds is 3. The molecule has 3 aliphatic rings. The summed E-state index contributed by atoms with van der Waals surface area (Å²) in [5.41, 5.74) is 2.86. The number of hydrogen-bond acceptors (Lipinski definition) is 3. The maximum absolute atomic E-state index is 12.3. The Morgan fingerprint density at radius 1 is 1.29 bits per heavy atom. The number of esters is 1. The van der Waals surface area contributed by atoms with Crippen LogP contribution >= 0.6 is 0 Å². The standard InChI is InChI=1S/C17H19NO3/c1-21-16(20)17(7-8-17)13-4-5-14-12(10-13)6-9-18(14)15(19)11-2-3-11/h4-5,10-11H,2-3,6-9H2,1H3. The summed E-state index contributed by atoms with van der Waals surface area (Å²) in [5, 5.41) is 0. The van der Waals surface area contributed by atoms with Gasteiger partial charge < -0.3 is 9.64 Å². The molecule has 0 bridgehead atoms. The van der Waals surface area contributed by atoms with Crippen molar-refractivity contribution in [2.24, 2.45) is 5.92 Å². The fourth-order valence-electron chi connectivity index (χ4n) is 3.41. The first-order chi connectivity index (χ1) is 10.2. The van der Waals surface area contributed by atoms with E-state index in [2.05, 4.69) is 6.07 Å². The van der Waals surface area contributed by atoms with Crippen molar-refractivity contribution in [3.8, 4) is 0 Å². The molecule has 0 N–H and O–H groups in total. The molecule has 21 heavy (non-hydrogen) atoms. The number of anilines is 1. The maximum atomic E-state index is 12.3. The van der Waals surface area contributed by atoms with Gasteiger partial charge in [0.2, 0.25) is 5.91 Å². The van der Waals surface area contributed by atoms with Gasteiger partial charge in [0.25, 0.3) is 0 Å². The molecule has 0 atom stereocenters. The number of carbonyl (C=O) groups is 2. The van der Waals surface area contributed by atoms with Crippen molar-refractivity contribution in [3.05, 3.63) is 29.3 Å². The third-order valence-corrected chi connectivity index (χ3v) is 5.05. The lowest BCUT2D eigenvalue weighted by atomic mass is 9.93. The highest BCUT2D eigenvalue weighted by Crippen LogP contribution is 2.50. The van der Waals surface area contributed by atoms with E-state index in [4.69, 9.17) is 4.74 Å². The molecule has 0 radical (unpaired) electrons. The smallest absolute Gasteiger partial charge is 0.316 e. The molecule has 4 heteroatoms. The van der Waals surface area contributed by atoms with Crippen LogP contribution in [-0.2, 0) is 26.2 Å². The van der Waals surface area contributed by atoms with Crippen LogP contribution in [0.1, 0.15) is 36.8 Å². The molecule has 1 heterocycles. The van der Waals surface area contributed by atoms with E-state index in [1.54, 1.807) is 0 Å². The van der Waals surface area contributed by atoms with E-state index in [0.29, 0.717) is 0 Å². The predicted molar refractivity (Wildman–Crippen MR) is 78.2 cm³/mol. The summed E-state index contributed by atoms with van der Waals surface area (Å²) in [4.78, 5) is 26.2. The zero-order chi connectivity index (χ0) is 14.6. The molecule has 1 aromatic carbocycles. The molecule has 1 aliphatic heterocycles. The van der Waals surface area contributed by atoms with Gasteiger partial charge in [-0.15, -0.1) is 0 Å². The molecule has 2 fully saturated rings. The molecule has 1 amide bonds. The van der Waals surface area contributed by atoms with Crippen molar-refractivity contribution in [1.29, 1.82) is 0 Å². The summed E-state index contributed by atoms with van der Waals surface area (Å²) in [6, 6.07) is 6.13. The van der Waals surface area contributed by atoms with Crippen LogP contribution in [-0.4, -0.2) is 25.5 Å². The molecule has 2 aliphatic carbocycles. The lowest BCUT2D eigenvalue weighted by Crippen LogP contribution is -2.30. The largest absolute Gasteiger partial charge is 0.468 e. The van der Waals surface area contributed by atoms with Gasteiger partial charge in [-0.2, -0.15) is 0 Å². The predicted octanol–water partition coefficient (Wildman–Crippen LogP) is 2.19. The summed E-state index contributed by atoms with van der Waals surface area (Å²) >= 11 is 0. The Kier molecular flexibility index (Phi) is 2.65. The van der Waals surface area contributed by atoms with Gasteiger partial charge in [-0.05, 0) is 49.3 Å². The highest BCUT2D eigenvalue weighted by atomic mass is 16.5. The first-order valence-electron chi connectivity index (χ1n) is 7.69. The molecule has 0 aromatic heterocycles. The zero-order valence-corrected chi connectivity index (χ0v) is 12.2. The Morgan fingerprint density at radius 2 is 2.05 bits per heavy atom. The highest BCUT2D eigenvalue weighted by Gasteiger charge is 2.52. The van der Waals surface area contributed by atoms with Crippen molar-refractivity contribution < 1.29 is 14.3 Å². The van der Waals surface area contributed by atoms with Crippen LogP contribution in [0.25, 0.3) is 0 Å². The lowest BCUT2D eigenvalue weighted by molar-refractivity contribution is -0.143. The highest BCUT2D eigenvalue weighted by molar-refractivity contribution is 5.98. The van der Waals surface area contributed by atoms with Gasteiger partial charge >= 0.3 is 5.97 Å². The summed E-state index contributed by atoms with van der Waals surface area (Å²) < 4.78 is 4.95. The maximum Gasteiger partial charge on any atom is 0.316 e. The Morgan fingerprint density at radius 3 is 2.67 bits per heavy atom. The average Bonchev–Trinajstić information content (AvgIpc) is 3.41. The number of hydrogen-bond donors (Lipinski definition) is 0. The van der Waals surface area contributed by atoms with Crippen molar-refractivity contribution in [1.82, 2.24) is 0 Å². The second-order valence-electron chi connectivity index (χ2n) is 6.43. The Bertz CT molecular complexity index is 629. The van der Waals surface area contributed by atoms with Crippen molar-refractivity contribution in [3.63, 3.8) is 0 Å². The van der Waals surface area contributed by atoms with Gasteiger partial charge in [-0.3, -0.25) is 9.59 Å². The fourth-order valence-corrected chi connectivity index (χ4v) is 3.41. The molecule has 4 rings (SSSR count). The lowest BCUT2D eigenvalue weighted by Gasteiger charge is -2.18. The van der Waals surface area contributed by atoms with Gasteiger partial charge in [0, 0.05) is 18.2 Å². The minimum atomic E-state index is -0.419. The van der Waals surface area contributed by atoms with Crippen molar-refractivity contribution in [2.45, 2.75) is 37.5 Å². The topological polar surface area (TPSA) is 46.6 Å². The van der Waals surface area contributed by atoms with Gasteiger partial charge in [-0.25, -0.2) is 0 Å². The number of amides is 1. The molecule has 0 unspecified atom stereocenters. The monoisotopic (exact) mass is 285 g/mol. The number of ether oxygens (including phenoxy) is 1. The normalized spacial score (nSPS) is 21.9. The van der Waals surface area contributed by atoms with Crippen LogP contribution in [0.5, 0.6) is 0 Å². The number of nitrogens with zero attached hydrogens (tertiary/aromatic N) is 1. The fraction of sp³-hybridized carbons (Fsp3) is 0.529. The molecule has 4 nitrogen and oxygen atoms in total. The number of fused-ring (bicyclic) bond motifs is 1. The first kappa shape index (κ1) is 12.9. The average molecular weight is 285 g/mol. The van der Waals surface area contributed by atoms with E-state index in [1.807, 2.05) is 17.0 Å². The van der Waals surface area contributed by atoms with E-state index in [0.717, 1.165) is 49.9 Å². The molecule has 110 valence electrons.